The van der Waals surface area contributed by atoms with E-state index in [1.165, 1.54) is 0 Å². The summed E-state index contributed by atoms with van der Waals surface area (Å²) in [5.74, 6) is 0.429. The number of nitrogens with zero attached hydrogens (tertiary/aromatic N) is 2. The van der Waals surface area contributed by atoms with Crippen LogP contribution < -0.4 is 10.1 Å². The zero-order valence-electron chi connectivity index (χ0n) is 15.7. The summed E-state index contributed by atoms with van der Waals surface area (Å²) in [4.78, 5) is 19.3. The zero-order chi connectivity index (χ0) is 19.6. The average molecular weight is 404 g/mol. The number of nitrogens with one attached hydrogen (secondary N) is 1. The highest BCUT2D eigenvalue weighted by Crippen LogP contribution is 2.31. The van der Waals surface area contributed by atoms with Gasteiger partial charge in [0, 0.05) is 11.1 Å². The van der Waals surface area contributed by atoms with Crippen LogP contribution in [0.1, 0.15) is 17.5 Å². The van der Waals surface area contributed by atoms with Crippen LogP contribution in [0.2, 0.25) is 5.02 Å². The molecule has 5 nitrogen and oxygen atoms in total. The van der Waals surface area contributed by atoms with Crippen LogP contribution in [0.3, 0.4) is 0 Å². The molecule has 1 aromatic heterocycles. The normalized spacial score (nSPS) is 12.4. The number of carbonyl (C=O) groups excluding carboxylic acids is 1. The molecule has 0 saturated heterocycles. The van der Waals surface area contributed by atoms with Crippen LogP contribution in [0.5, 0.6) is 5.75 Å². The lowest BCUT2D eigenvalue weighted by atomic mass is 10.2. The van der Waals surface area contributed by atoms with E-state index < -0.39 is 0 Å². The Bertz CT molecular complexity index is 940. The van der Waals surface area contributed by atoms with Crippen molar-refractivity contribution in [1.29, 1.82) is 0 Å². The third-order valence-corrected chi connectivity index (χ3v) is 5.93. The van der Waals surface area contributed by atoms with E-state index >= 15 is 0 Å². The average Bonchev–Trinajstić information content (AvgIpc) is 3.05. The van der Waals surface area contributed by atoms with E-state index in [-0.39, 0.29) is 11.9 Å². The monoisotopic (exact) mass is 403 g/mol. The molecule has 0 saturated carbocycles. The Morgan fingerprint density at radius 3 is 2.81 bits per heavy atom. The second-order valence-corrected chi connectivity index (χ2v) is 7.98. The lowest BCUT2D eigenvalue weighted by Gasteiger charge is -2.23. The smallest absolute Gasteiger partial charge is 0.241 e. The molecule has 1 amide bonds. The van der Waals surface area contributed by atoms with Crippen molar-refractivity contribution < 1.29 is 9.53 Å². The molecular formula is C20H22ClN3O2S. The summed E-state index contributed by atoms with van der Waals surface area (Å²) in [7, 11) is 3.47. The number of hydrogen-bond acceptors (Lipinski definition) is 5. The van der Waals surface area contributed by atoms with Crippen molar-refractivity contribution in [2.45, 2.75) is 26.4 Å². The minimum Gasteiger partial charge on any atom is -0.495 e. The predicted octanol–water partition coefficient (Wildman–Crippen LogP) is 4.73. The first-order valence-corrected chi connectivity index (χ1v) is 9.78. The second-order valence-electron chi connectivity index (χ2n) is 6.46. The number of aromatic nitrogens is 1. The lowest BCUT2D eigenvalue weighted by Crippen LogP contribution is -2.39. The number of thiazole rings is 1. The van der Waals surface area contributed by atoms with E-state index in [0.717, 1.165) is 20.8 Å². The van der Waals surface area contributed by atoms with Crippen LogP contribution in [0.25, 0.3) is 10.2 Å². The van der Waals surface area contributed by atoms with Crippen molar-refractivity contribution in [3.8, 4) is 5.75 Å². The summed E-state index contributed by atoms with van der Waals surface area (Å²) in [5.41, 5.74) is 2.48. The molecule has 1 atom stereocenters. The van der Waals surface area contributed by atoms with Gasteiger partial charge in [0.1, 0.15) is 10.8 Å². The number of anilines is 1. The van der Waals surface area contributed by atoms with Crippen LogP contribution in [-0.4, -0.2) is 36.0 Å². The van der Waals surface area contributed by atoms with E-state index in [4.69, 9.17) is 16.3 Å². The van der Waals surface area contributed by atoms with Gasteiger partial charge in [-0.25, -0.2) is 4.98 Å². The Balaban J connectivity index is 1.70. The van der Waals surface area contributed by atoms with Crippen LogP contribution in [0, 0.1) is 6.92 Å². The minimum atomic E-state index is -0.335. The third kappa shape index (κ3) is 4.40. The molecule has 3 rings (SSSR count). The second kappa shape index (κ2) is 8.25. The summed E-state index contributed by atoms with van der Waals surface area (Å²) in [6, 6.07) is 11.2. The van der Waals surface area contributed by atoms with Gasteiger partial charge in [0.25, 0.3) is 0 Å². The Morgan fingerprint density at radius 1 is 1.37 bits per heavy atom. The highest BCUT2D eigenvalue weighted by atomic mass is 35.5. The summed E-state index contributed by atoms with van der Waals surface area (Å²) in [6.07, 6.45) is 0. The number of aryl methyl sites for hydroxylation is 1. The molecule has 1 N–H and O–H groups in total. The summed E-state index contributed by atoms with van der Waals surface area (Å²) < 4.78 is 6.48. The molecule has 0 fully saturated rings. The first-order chi connectivity index (χ1) is 12.9. The molecule has 0 aliphatic rings. The number of amides is 1. The van der Waals surface area contributed by atoms with E-state index in [2.05, 4.69) is 16.4 Å². The van der Waals surface area contributed by atoms with Crippen molar-refractivity contribution in [3.63, 3.8) is 0 Å². The van der Waals surface area contributed by atoms with Gasteiger partial charge in [-0.1, -0.05) is 23.7 Å². The summed E-state index contributed by atoms with van der Waals surface area (Å²) >= 11 is 7.78. The molecule has 0 bridgehead atoms. The van der Waals surface area contributed by atoms with Crippen LogP contribution in [-0.2, 0) is 11.3 Å². The van der Waals surface area contributed by atoms with Crippen LogP contribution in [0.15, 0.2) is 36.4 Å². The fraction of sp³-hybridized carbons (Fsp3) is 0.300. The number of benzene rings is 2. The summed E-state index contributed by atoms with van der Waals surface area (Å²) in [6.45, 7) is 4.36. The Kier molecular flexibility index (Phi) is 5.99. The van der Waals surface area contributed by atoms with Gasteiger partial charge < -0.3 is 10.1 Å². The van der Waals surface area contributed by atoms with E-state index in [0.29, 0.717) is 23.0 Å². The quantitative estimate of drug-likeness (QED) is 0.646. The molecule has 1 unspecified atom stereocenters. The predicted molar refractivity (Wildman–Crippen MR) is 112 cm³/mol. The van der Waals surface area contributed by atoms with Gasteiger partial charge in [0.05, 0.1) is 35.6 Å². The molecule has 0 radical (unpaired) electrons. The number of ether oxygens (including phenoxy) is 1. The first kappa shape index (κ1) is 19.6. The third-order valence-electron chi connectivity index (χ3n) is 4.50. The minimum absolute atomic E-state index is 0.112. The topological polar surface area (TPSA) is 54.5 Å². The molecule has 2 aromatic carbocycles. The van der Waals surface area contributed by atoms with Crippen molar-refractivity contribution >= 4 is 44.7 Å². The number of fused-ring (bicyclic) bond motifs is 1. The lowest BCUT2D eigenvalue weighted by molar-refractivity contribution is -0.120. The fourth-order valence-electron chi connectivity index (χ4n) is 2.71. The van der Waals surface area contributed by atoms with Gasteiger partial charge in [-0.15, -0.1) is 11.3 Å². The number of carbonyl (C=O) groups is 1. The number of para-hydroxylation sites is 1. The fourth-order valence-corrected chi connectivity index (χ4v) is 3.89. The standard InChI is InChI=1S/C20H22ClN3O2S/c1-12-9-16(17(26-4)10-14(12)21)23-20(25)13(2)24(3)11-19-22-15-7-5-6-8-18(15)27-19/h5-10,13H,11H2,1-4H3,(H,23,25). The van der Waals surface area contributed by atoms with Crippen LogP contribution in [0.4, 0.5) is 5.69 Å². The van der Waals surface area contributed by atoms with Gasteiger partial charge in [0.2, 0.25) is 5.91 Å². The largest absolute Gasteiger partial charge is 0.495 e. The van der Waals surface area contributed by atoms with Crippen molar-refractivity contribution in [2.75, 3.05) is 19.5 Å². The van der Waals surface area contributed by atoms with Gasteiger partial charge >= 0.3 is 0 Å². The number of likely N-dealkylation sites (N-methyl/N-ethyl adjacent to an activating group) is 1. The highest BCUT2D eigenvalue weighted by molar-refractivity contribution is 7.18. The van der Waals surface area contributed by atoms with Crippen molar-refractivity contribution in [1.82, 2.24) is 9.88 Å². The number of methoxy groups -OCH3 is 1. The highest BCUT2D eigenvalue weighted by Gasteiger charge is 2.21. The molecule has 1 heterocycles. The Hall–Kier alpha value is -2.15. The molecule has 142 valence electrons. The Labute approximate surface area is 167 Å². The first-order valence-electron chi connectivity index (χ1n) is 8.58. The van der Waals surface area contributed by atoms with Crippen molar-refractivity contribution in [3.05, 3.63) is 52.0 Å². The molecule has 27 heavy (non-hydrogen) atoms. The molecule has 0 aliphatic heterocycles. The zero-order valence-corrected chi connectivity index (χ0v) is 17.3. The molecule has 0 spiro atoms. The van der Waals surface area contributed by atoms with Gasteiger partial charge in [0.15, 0.2) is 0 Å². The molecule has 0 aliphatic carbocycles. The number of halogens is 1. The number of rotatable bonds is 6. The molecular weight excluding hydrogens is 382 g/mol. The van der Waals surface area contributed by atoms with Crippen molar-refractivity contribution in [2.24, 2.45) is 0 Å². The van der Waals surface area contributed by atoms with E-state index in [1.54, 1.807) is 24.5 Å². The maximum absolute atomic E-state index is 12.7. The summed E-state index contributed by atoms with van der Waals surface area (Å²) in [5, 5.41) is 4.53. The molecule has 7 heteroatoms. The van der Waals surface area contributed by atoms with Crippen LogP contribution >= 0.6 is 22.9 Å². The van der Waals surface area contributed by atoms with Gasteiger partial charge in [-0.3, -0.25) is 9.69 Å². The SMILES string of the molecule is COc1cc(Cl)c(C)cc1NC(=O)C(C)N(C)Cc1nc2ccccc2s1. The maximum Gasteiger partial charge on any atom is 0.241 e. The molecule has 3 aromatic rings. The number of hydrogen-bond donors (Lipinski definition) is 1. The van der Waals surface area contributed by atoms with E-state index in [9.17, 15) is 4.79 Å². The van der Waals surface area contributed by atoms with Gasteiger partial charge in [-0.2, -0.15) is 0 Å². The van der Waals surface area contributed by atoms with E-state index in [1.807, 2.05) is 50.1 Å². The maximum atomic E-state index is 12.7. The van der Waals surface area contributed by atoms with Gasteiger partial charge in [-0.05, 0) is 44.7 Å². The Morgan fingerprint density at radius 2 is 2.11 bits per heavy atom.